The standard InChI is InChI=1S/C11H16BrFN2/c1-8(14)3-2-6-15-11-7-9(12)4-5-10(11)13/h4-5,7-8,15H,2-3,6,14H2,1H3. The maximum Gasteiger partial charge on any atom is 0.146 e. The molecule has 1 rings (SSSR count). The van der Waals surface area contributed by atoms with Crippen LogP contribution in [0.4, 0.5) is 10.1 Å². The number of nitrogens with one attached hydrogen (secondary N) is 1. The highest BCUT2D eigenvalue weighted by molar-refractivity contribution is 9.10. The maximum absolute atomic E-state index is 13.2. The molecule has 0 aromatic heterocycles. The van der Waals surface area contributed by atoms with Crippen LogP contribution in [-0.2, 0) is 0 Å². The SMILES string of the molecule is CC(N)CCCNc1cc(Br)ccc1F. The lowest BCUT2D eigenvalue weighted by atomic mass is 10.2. The van der Waals surface area contributed by atoms with Crippen molar-refractivity contribution >= 4 is 21.6 Å². The fourth-order valence-corrected chi connectivity index (χ4v) is 1.64. The highest BCUT2D eigenvalue weighted by Crippen LogP contribution is 2.19. The van der Waals surface area contributed by atoms with E-state index in [9.17, 15) is 4.39 Å². The minimum Gasteiger partial charge on any atom is -0.383 e. The highest BCUT2D eigenvalue weighted by Gasteiger charge is 2.01. The molecular weight excluding hydrogens is 259 g/mol. The lowest BCUT2D eigenvalue weighted by Gasteiger charge is -2.09. The van der Waals surface area contributed by atoms with E-state index >= 15 is 0 Å². The van der Waals surface area contributed by atoms with Gasteiger partial charge in [-0.05, 0) is 38.0 Å². The van der Waals surface area contributed by atoms with Crippen LogP contribution in [0.15, 0.2) is 22.7 Å². The third-order valence-corrected chi connectivity index (χ3v) is 2.57. The molecule has 0 bridgehead atoms. The van der Waals surface area contributed by atoms with Crippen molar-refractivity contribution in [1.29, 1.82) is 0 Å². The number of halogens is 2. The third kappa shape index (κ3) is 4.62. The van der Waals surface area contributed by atoms with Gasteiger partial charge < -0.3 is 11.1 Å². The average Bonchev–Trinajstić information content (AvgIpc) is 2.17. The molecular formula is C11H16BrFN2. The Bertz CT molecular complexity index is 315. The zero-order valence-electron chi connectivity index (χ0n) is 8.76. The van der Waals surface area contributed by atoms with Crippen LogP contribution in [0.1, 0.15) is 19.8 Å². The van der Waals surface area contributed by atoms with E-state index in [4.69, 9.17) is 5.73 Å². The maximum atomic E-state index is 13.2. The molecule has 1 aromatic carbocycles. The van der Waals surface area contributed by atoms with Crippen LogP contribution in [0, 0.1) is 5.82 Å². The Morgan fingerprint density at radius 2 is 2.27 bits per heavy atom. The Kier molecular flexibility index (Phi) is 5.05. The van der Waals surface area contributed by atoms with Crippen molar-refractivity contribution < 1.29 is 4.39 Å². The van der Waals surface area contributed by atoms with Gasteiger partial charge in [0.05, 0.1) is 5.69 Å². The summed E-state index contributed by atoms with van der Waals surface area (Å²) in [5.74, 6) is -0.223. The normalized spacial score (nSPS) is 12.5. The molecule has 2 nitrogen and oxygen atoms in total. The number of nitrogens with two attached hydrogens (primary N) is 1. The van der Waals surface area contributed by atoms with Gasteiger partial charge in [0.15, 0.2) is 0 Å². The van der Waals surface area contributed by atoms with Gasteiger partial charge in [0.2, 0.25) is 0 Å². The molecule has 84 valence electrons. The second kappa shape index (κ2) is 6.08. The molecule has 1 atom stereocenters. The molecule has 0 spiro atoms. The summed E-state index contributed by atoms with van der Waals surface area (Å²) in [4.78, 5) is 0. The molecule has 0 aliphatic rings. The van der Waals surface area contributed by atoms with E-state index in [1.54, 1.807) is 12.1 Å². The quantitative estimate of drug-likeness (QED) is 0.810. The second-order valence-corrected chi connectivity index (χ2v) is 4.59. The van der Waals surface area contributed by atoms with Crippen molar-refractivity contribution in [2.45, 2.75) is 25.8 Å². The molecule has 0 amide bonds. The molecule has 0 saturated carbocycles. The van der Waals surface area contributed by atoms with Gasteiger partial charge in [-0.1, -0.05) is 15.9 Å². The molecule has 0 aliphatic heterocycles. The van der Waals surface area contributed by atoms with E-state index in [1.165, 1.54) is 6.07 Å². The van der Waals surface area contributed by atoms with Gasteiger partial charge in [0.25, 0.3) is 0 Å². The molecule has 1 unspecified atom stereocenters. The van der Waals surface area contributed by atoms with Crippen LogP contribution >= 0.6 is 15.9 Å². The summed E-state index contributed by atoms with van der Waals surface area (Å²) in [7, 11) is 0. The van der Waals surface area contributed by atoms with Crippen molar-refractivity contribution in [1.82, 2.24) is 0 Å². The lowest BCUT2D eigenvalue weighted by molar-refractivity contribution is 0.621. The molecule has 1 aromatic rings. The zero-order chi connectivity index (χ0) is 11.3. The van der Waals surface area contributed by atoms with Crippen molar-refractivity contribution in [3.05, 3.63) is 28.5 Å². The van der Waals surface area contributed by atoms with Crippen molar-refractivity contribution in [3.8, 4) is 0 Å². The predicted octanol–water partition coefficient (Wildman–Crippen LogP) is 3.13. The van der Waals surface area contributed by atoms with Crippen molar-refractivity contribution in [3.63, 3.8) is 0 Å². The third-order valence-electron chi connectivity index (χ3n) is 2.08. The van der Waals surface area contributed by atoms with Gasteiger partial charge in [-0.25, -0.2) is 4.39 Å². The topological polar surface area (TPSA) is 38.0 Å². The summed E-state index contributed by atoms with van der Waals surface area (Å²) in [5.41, 5.74) is 6.15. The minimum absolute atomic E-state index is 0.208. The van der Waals surface area contributed by atoms with Gasteiger partial charge in [0, 0.05) is 17.1 Å². The molecule has 0 heterocycles. The first-order valence-corrected chi connectivity index (χ1v) is 5.83. The van der Waals surface area contributed by atoms with Crippen molar-refractivity contribution in [2.24, 2.45) is 5.73 Å². The summed E-state index contributed by atoms with van der Waals surface area (Å²) in [5, 5.41) is 3.05. The number of hydrogen-bond donors (Lipinski definition) is 2. The largest absolute Gasteiger partial charge is 0.383 e. The van der Waals surface area contributed by atoms with Crippen LogP contribution in [0.3, 0.4) is 0 Å². The van der Waals surface area contributed by atoms with E-state index in [0.29, 0.717) is 5.69 Å². The van der Waals surface area contributed by atoms with Crippen molar-refractivity contribution in [2.75, 3.05) is 11.9 Å². The number of benzene rings is 1. The first-order chi connectivity index (χ1) is 7.09. The van der Waals surface area contributed by atoms with Gasteiger partial charge in [-0.3, -0.25) is 0 Å². The summed E-state index contributed by atoms with van der Waals surface area (Å²) in [6.45, 7) is 2.72. The summed E-state index contributed by atoms with van der Waals surface area (Å²) in [6, 6.07) is 5.07. The summed E-state index contributed by atoms with van der Waals surface area (Å²) < 4.78 is 14.1. The molecule has 15 heavy (non-hydrogen) atoms. The first kappa shape index (κ1) is 12.5. The number of hydrogen-bond acceptors (Lipinski definition) is 2. The minimum atomic E-state index is -0.223. The van der Waals surface area contributed by atoms with Crippen LogP contribution < -0.4 is 11.1 Å². The first-order valence-electron chi connectivity index (χ1n) is 5.04. The second-order valence-electron chi connectivity index (χ2n) is 3.67. The molecule has 0 saturated heterocycles. The van der Waals surface area contributed by atoms with Crippen LogP contribution in [0.2, 0.25) is 0 Å². The molecule has 4 heteroatoms. The Morgan fingerprint density at radius 1 is 1.53 bits per heavy atom. The van der Waals surface area contributed by atoms with E-state index in [1.807, 2.05) is 6.92 Å². The Balaban J connectivity index is 2.40. The van der Waals surface area contributed by atoms with Gasteiger partial charge in [-0.15, -0.1) is 0 Å². The number of anilines is 1. The zero-order valence-corrected chi connectivity index (χ0v) is 10.3. The lowest BCUT2D eigenvalue weighted by Crippen LogP contribution is -2.16. The van der Waals surface area contributed by atoms with Crippen LogP contribution in [0.5, 0.6) is 0 Å². The summed E-state index contributed by atoms with van der Waals surface area (Å²) in [6.07, 6.45) is 1.90. The van der Waals surface area contributed by atoms with Gasteiger partial charge >= 0.3 is 0 Å². The fourth-order valence-electron chi connectivity index (χ4n) is 1.28. The van der Waals surface area contributed by atoms with E-state index in [-0.39, 0.29) is 11.9 Å². The molecule has 0 radical (unpaired) electrons. The van der Waals surface area contributed by atoms with E-state index in [2.05, 4.69) is 21.2 Å². The smallest absolute Gasteiger partial charge is 0.146 e. The fraction of sp³-hybridized carbons (Fsp3) is 0.455. The van der Waals surface area contributed by atoms with Gasteiger partial charge in [-0.2, -0.15) is 0 Å². The van der Waals surface area contributed by atoms with Gasteiger partial charge in [0.1, 0.15) is 5.82 Å². The van der Waals surface area contributed by atoms with E-state index < -0.39 is 0 Å². The Labute approximate surface area is 98.2 Å². The van der Waals surface area contributed by atoms with Crippen LogP contribution in [-0.4, -0.2) is 12.6 Å². The Hall–Kier alpha value is -0.610. The molecule has 3 N–H and O–H groups in total. The van der Waals surface area contributed by atoms with Crippen LogP contribution in [0.25, 0.3) is 0 Å². The number of rotatable bonds is 5. The Morgan fingerprint density at radius 3 is 2.93 bits per heavy atom. The molecule has 0 fully saturated rings. The van der Waals surface area contributed by atoms with E-state index in [0.717, 1.165) is 23.9 Å². The summed E-state index contributed by atoms with van der Waals surface area (Å²) >= 11 is 3.30. The highest BCUT2D eigenvalue weighted by atomic mass is 79.9. The molecule has 0 aliphatic carbocycles. The predicted molar refractivity (Wildman–Crippen MR) is 65.5 cm³/mol. The average molecular weight is 275 g/mol. The monoisotopic (exact) mass is 274 g/mol.